The number of hydrogen-bond acceptors (Lipinski definition) is 9. The molecule has 0 unspecified atom stereocenters. The zero-order valence-corrected chi connectivity index (χ0v) is 28.5. The third-order valence-corrected chi connectivity index (χ3v) is 9.76. The fraction of sp³-hybridized carbons (Fsp3) is 0.500. The number of aromatic nitrogens is 1. The maximum absolute atomic E-state index is 12.7. The molecule has 0 bridgehead atoms. The van der Waals surface area contributed by atoms with Gasteiger partial charge in [0.2, 0.25) is 0 Å². The van der Waals surface area contributed by atoms with Gasteiger partial charge in [-0.25, -0.2) is 0 Å². The van der Waals surface area contributed by atoms with Gasteiger partial charge in [0, 0.05) is 46.7 Å². The van der Waals surface area contributed by atoms with Gasteiger partial charge in [0.05, 0.1) is 24.9 Å². The molecule has 0 aliphatic heterocycles. The molecule has 2 fully saturated rings. The number of amides is 1. The predicted molar refractivity (Wildman–Crippen MR) is 182 cm³/mol. The average Bonchev–Trinajstić information content (AvgIpc) is 4.05. The Morgan fingerprint density at radius 1 is 1.00 bits per heavy atom. The smallest absolute Gasteiger partial charge is 0.254 e. The van der Waals surface area contributed by atoms with Crippen molar-refractivity contribution in [3.63, 3.8) is 0 Å². The molecule has 2 aromatic carbocycles. The van der Waals surface area contributed by atoms with Crippen LogP contribution in [0.15, 0.2) is 54.9 Å². The second-order valence-electron chi connectivity index (χ2n) is 12.6. The number of hydrogen-bond donors (Lipinski definition) is 5. The van der Waals surface area contributed by atoms with Crippen molar-refractivity contribution in [1.29, 1.82) is 0 Å². The molecule has 0 saturated heterocycles. The van der Waals surface area contributed by atoms with Gasteiger partial charge in [-0.05, 0) is 92.8 Å². The zero-order chi connectivity index (χ0) is 34.4. The van der Waals surface area contributed by atoms with E-state index < -0.39 is 42.5 Å². The van der Waals surface area contributed by atoms with Crippen molar-refractivity contribution in [2.75, 3.05) is 19.7 Å². The molecule has 0 spiro atoms. The first-order chi connectivity index (χ1) is 23.1. The summed E-state index contributed by atoms with van der Waals surface area (Å²) in [6.45, 7) is 1.75. The number of ether oxygens (including phenoxy) is 2. The zero-order valence-electron chi connectivity index (χ0n) is 27.0. The summed E-state index contributed by atoms with van der Waals surface area (Å²) in [4.78, 5) is 18.5. The SMILES string of the molecule is CCN(CCCCc1cc(Cl)c(COC2(c3cnccc3-c3ccccc3OC3CC3)CC2)cc1Cl)C(=O)[C@@H](O)[C@@H](O)[C@H](O)[C@@H](O)CO. The Hall–Kier alpha value is -2.80. The van der Waals surface area contributed by atoms with Crippen LogP contribution in [0.1, 0.15) is 62.1 Å². The van der Waals surface area contributed by atoms with Crippen LogP contribution in [0.3, 0.4) is 0 Å². The van der Waals surface area contributed by atoms with Gasteiger partial charge in [0.1, 0.15) is 24.1 Å². The lowest BCUT2D eigenvalue weighted by atomic mass is 9.96. The lowest BCUT2D eigenvalue weighted by molar-refractivity contribution is -0.158. The summed E-state index contributed by atoms with van der Waals surface area (Å²) in [5.41, 5.74) is 4.26. The number of likely N-dealkylation sites (N-methyl/N-ethyl adjacent to an activating group) is 1. The number of nitrogens with zero attached hydrogens (tertiary/aromatic N) is 2. The van der Waals surface area contributed by atoms with Crippen molar-refractivity contribution >= 4 is 29.1 Å². The number of rotatable bonds is 18. The van der Waals surface area contributed by atoms with Crippen LogP contribution >= 0.6 is 23.2 Å². The lowest BCUT2D eigenvalue weighted by Gasteiger charge is -2.29. The number of halogens is 2. The second-order valence-corrected chi connectivity index (χ2v) is 13.4. The van der Waals surface area contributed by atoms with Crippen LogP contribution in [-0.2, 0) is 28.2 Å². The number of unbranched alkanes of at least 4 members (excludes halogenated alkanes) is 1. The Kier molecular flexibility index (Phi) is 12.4. The van der Waals surface area contributed by atoms with E-state index in [0.717, 1.165) is 59.3 Å². The molecule has 5 N–H and O–H groups in total. The van der Waals surface area contributed by atoms with Crippen LogP contribution in [-0.4, -0.2) is 91.5 Å². The minimum absolute atomic E-state index is 0.269. The average molecular weight is 704 g/mol. The molecule has 48 heavy (non-hydrogen) atoms. The number of aliphatic hydroxyl groups excluding tert-OH is 5. The molecule has 2 aliphatic rings. The number of para-hydroxylation sites is 1. The normalized spacial score (nSPS) is 17.8. The Labute approximate surface area is 290 Å². The fourth-order valence-corrected chi connectivity index (χ4v) is 6.32. The summed E-state index contributed by atoms with van der Waals surface area (Å²) < 4.78 is 12.8. The molecule has 12 heteroatoms. The molecular weight excluding hydrogens is 659 g/mol. The van der Waals surface area contributed by atoms with E-state index >= 15 is 0 Å². The van der Waals surface area contributed by atoms with Crippen LogP contribution in [0, 0.1) is 0 Å². The van der Waals surface area contributed by atoms with Crippen molar-refractivity contribution in [3.05, 3.63) is 81.6 Å². The van der Waals surface area contributed by atoms with E-state index in [2.05, 4.69) is 11.1 Å². The van der Waals surface area contributed by atoms with Gasteiger partial charge in [0.25, 0.3) is 5.91 Å². The highest BCUT2D eigenvalue weighted by atomic mass is 35.5. The fourth-order valence-electron chi connectivity index (χ4n) is 5.80. The van der Waals surface area contributed by atoms with Gasteiger partial charge in [-0.2, -0.15) is 0 Å². The van der Waals surface area contributed by atoms with Gasteiger partial charge in [-0.15, -0.1) is 0 Å². The van der Waals surface area contributed by atoms with E-state index in [9.17, 15) is 25.2 Å². The molecule has 1 heterocycles. The van der Waals surface area contributed by atoms with Crippen molar-refractivity contribution in [1.82, 2.24) is 9.88 Å². The quantitative estimate of drug-likeness (QED) is 0.121. The maximum atomic E-state index is 12.7. The molecule has 5 rings (SSSR count). The van der Waals surface area contributed by atoms with Crippen molar-refractivity contribution in [3.8, 4) is 16.9 Å². The van der Waals surface area contributed by atoms with Crippen LogP contribution in [0.2, 0.25) is 10.0 Å². The highest BCUT2D eigenvalue weighted by molar-refractivity contribution is 6.34. The summed E-state index contributed by atoms with van der Waals surface area (Å²) >= 11 is 13.4. The molecule has 2 aliphatic carbocycles. The van der Waals surface area contributed by atoms with E-state index in [0.29, 0.717) is 35.9 Å². The van der Waals surface area contributed by atoms with Crippen LogP contribution in [0.5, 0.6) is 5.75 Å². The third kappa shape index (κ3) is 8.67. The molecule has 10 nitrogen and oxygen atoms in total. The second kappa shape index (κ2) is 16.3. The molecule has 1 amide bonds. The monoisotopic (exact) mass is 702 g/mol. The molecule has 0 radical (unpaired) electrons. The summed E-state index contributed by atoms with van der Waals surface area (Å²) in [7, 11) is 0. The van der Waals surface area contributed by atoms with E-state index in [1.807, 2.05) is 42.6 Å². The largest absolute Gasteiger partial charge is 0.490 e. The standard InChI is InChI=1S/C36H44Cl2N2O8/c1-2-40(35(46)34(45)33(44)32(43)30(42)20-41)16-6-5-7-22-17-29(38)23(18-28(22)37)21-47-36(13-14-36)27-19-39-15-12-25(27)26-8-3-4-9-31(26)48-24-10-11-24/h3-4,8-9,12,15,17-19,24,30,32-34,41-45H,2,5-7,10-11,13-14,16,20-21H2,1H3/t30-,32+,33-,34-/m0/s1. The number of pyridine rings is 1. The van der Waals surface area contributed by atoms with E-state index in [1.165, 1.54) is 4.90 Å². The van der Waals surface area contributed by atoms with Gasteiger partial charge in [-0.3, -0.25) is 9.78 Å². The summed E-state index contributed by atoms with van der Waals surface area (Å²) in [6.07, 6.45) is 2.24. The number of carbonyl (C=O) groups is 1. The van der Waals surface area contributed by atoms with Crippen LogP contribution in [0.4, 0.5) is 0 Å². The summed E-state index contributed by atoms with van der Waals surface area (Å²) in [5, 5.41) is 49.8. The number of carbonyl (C=O) groups excluding carboxylic acids is 1. The van der Waals surface area contributed by atoms with Gasteiger partial charge < -0.3 is 39.9 Å². The van der Waals surface area contributed by atoms with Gasteiger partial charge in [-0.1, -0.05) is 41.4 Å². The van der Waals surface area contributed by atoms with Crippen LogP contribution in [0.25, 0.3) is 11.1 Å². The molecular formula is C36H44Cl2N2O8. The first kappa shape index (κ1) is 36.5. The minimum Gasteiger partial charge on any atom is -0.490 e. The Bertz CT molecular complexity index is 1550. The summed E-state index contributed by atoms with van der Waals surface area (Å²) in [5.74, 6) is 0.0936. The Balaban J connectivity index is 1.17. The Morgan fingerprint density at radius 2 is 1.71 bits per heavy atom. The van der Waals surface area contributed by atoms with Crippen molar-refractivity contribution in [2.45, 2.75) is 94.6 Å². The van der Waals surface area contributed by atoms with E-state index in [1.54, 1.807) is 13.1 Å². The predicted octanol–water partition coefficient (Wildman–Crippen LogP) is 4.41. The number of benzene rings is 2. The van der Waals surface area contributed by atoms with Crippen LogP contribution < -0.4 is 4.74 Å². The maximum Gasteiger partial charge on any atom is 0.254 e. The molecule has 2 saturated carbocycles. The van der Waals surface area contributed by atoms with Crippen molar-refractivity contribution in [2.24, 2.45) is 0 Å². The van der Waals surface area contributed by atoms with E-state index in [-0.39, 0.29) is 19.3 Å². The molecule has 4 atom stereocenters. The topological polar surface area (TPSA) is 153 Å². The van der Waals surface area contributed by atoms with Gasteiger partial charge in [0.15, 0.2) is 6.10 Å². The first-order valence-electron chi connectivity index (χ1n) is 16.5. The number of aryl methyl sites for hydroxylation is 1. The molecule has 260 valence electrons. The van der Waals surface area contributed by atoms with Gasteiger partial charge >= 0.3 is 0 Å². The minimum atomic E-state index is -1.94. The number of aliphatic hydroxyl groups is 5. The van der Waals surface area contributed by atoms with E-state index in [4.69, 9.17) is 37.8 Å². The molecule has 1 aromatic heterocycles. The first-order valence-corrected chi connectivity index (χ1v) is 17.3. The summed E-state index contributed by atoms with van der Waals surface area (Å²) in [6, 6.07) is 13.8. The highest BCUT2D eigenvalue weighted by Crippen LogP contribution is 2.53. The Morgan fingerprint density at radius 3 is 2.40 bits per heavy atom. The van der Waals surface area contributed by atoms with Crippen molar-refractivity contribution < 1.29 is 39.8 Å². The highest BCUT2D eigenvalue weighted by Gasteiger charge is 2.48. The molecule has 3 aromatic rings. The lowest BCUT2D eigenvalue weighted by Crippen LogP contribution is -2.52. The third-order valence-electron chi connectivity index (χ3n) is 9.06.